The highest BCUT2D eigenvalue weighted by Crippen LogP contribution is 2.27. The molecule has 1 aromatic rings. The van der Waals surface area contributed by atoms with Crippen molar-refractivity contribution in [2.24, 2.45) is 11.8 Å². The molecule has 0 spiro atoms. The van der Waals surface area contributed by atoms with Crippen molar-refractivity contribution in [3.05, 3.63) is 17.4 Å². The maximum Gasteiger partial charge on any atom is 0.153 e. The molecule has 0 atom stereocenters. The first-order valence-electron chi connectivity index (χ1n) is 5.90. The number of hydrogen-bond donors (Lipinski definition) is 0. The van der Waals surface area contributed by atoms with E-state index in [1.807, 2.05) is 6.07 Å². The van der Waals surface area contributed by atoms with Gasteiger partial charge in [-0.3, -0.25) is 0 Å². The lowest BCUT2D eigenvalue weighted by Gasteiger charge is -2.35. The minimum absolute atomic E-state index is 0.475. The third-order valence-electron chi connectivity index (χ3n) is 3.46. The minimum Gasteiger partial charge on any atom is -0.370 e. The van der Waals surface area contributed by atoms with Crippen molar-refractivity contribution in [3.63, 3.8) is 0 Å². The molecule has 0 unspecified atom stereocenters. The third kappa shape index (κ3) is 2.64. The summed E-state index contributed by atoms with van der Waals surface area (Å²) in [4.78, 5) is 2.35. The highest BCUT2D eigenvalue weighted by molar-refractivity contribution is 6.29. The number of anilines is 1. The first-order valence-corrected chi connectivity index (χ1v) is 6.28. The zero-order valence-electron chi connectivity index (χ0n) is 9.86. The summed E-state index contributed by atoms with van der Waals surface area (Å²) >= 11 is 5.84. The Hall–Kier alpha value is -0.830. The van der Waals surface area contributed by atoms with Crippen LogP contribution in [-0.2, 0) is 0 Å². The van der Waals surface area contributed by atoms with E-state index in [2.05, 4.69) is 28.9 Å². The smallest absolute Gasteiger partial charge is 0.153 e. The van der Waals surface area contributed by atoms with E-state index in [9.17, 15) is 0 Å². The first-order chi connectivity index (χ1) is 7.66. The fourth-order valence-electron chi connectivity index (χ4n) is 2.33. The van der Waals surface area contributed by atoms with Gasteiger partial charge in [0.2, 0.25) is 0 Å². The monoisotopic (exact) mass is 239 g/mol. The summed E-state index contributed by atoms with van der Waals surface area (Å²) in [5.74, 6) is 1.66. The van der Waals surface area contributed by atoms with E-state index in [-0.39, 0.29) is 0 Å². The molecule has 0 saturated carbocycles. The van der Waals surface area contributed by atoms with Crippen molar-refractivity contribution in [1.82, 2.24) is 10.2 Å². The number of hydrogen-bond acceptors (Lipinski definition) is 3. The van der Waals surface area contributed by atoms with Gasteiger partial charge in [0.15, 0.2) is 5.15 Å². The molecule has 1 aliphatic heterocycles. The van der Waals surface area contributed by atoms with Crippen LogP contribution in [0.3, 0.4) is 0 Å². The lowest BCUT2D eigenvalue weighted by molar-refractivity contribution is 0.311. The fourth-order valence-corrected chi connectivity index (χ4v) is 2.48. The highest BCUT2D eigenvalue weighted by Gasteiger charge is 2.21. The maximum absolute atomic E-state index is 5.84. The average molecular weight is 240 g/mol. The van der Waals surface area contributed by atoms with Crippen LogP contribution in [0.1, 0.15) is 26.7 Å². The van der Waals surface area contributed by atoms with Gasteiger partial charge >= 0.3 is 0 Å². The summed E-state index contributed by atoms with van der Waals surface area (Å²) < 4.78 is 0. The lowest BCUT2D eigenvalue weighted by Crippen LogP contribution is -2.35. The van der Waals surface area contributed by atoms with Gasteiger partial charge in [-0.15, -0.1) is 5.10 Å². The molecule has 1 fully saturated rings. The molecule has 3 nitrogen and oxygen atoms in total. The Bertz CT molecular complexity index is 346. The van der Waals surface area contributed by atoms with E-state index >= 15 is 0 Å². The van der Waals surface area contributed by atoms with E-state index in [0.29, 0.717) is 5.15 Å². The molecule has 0 bridgehead atoms. The lowest BCUT2D eigenvalue weighted by atomic mass is 9.86. The van der Waals surface area contributed by atoms with E-state index in [4.69, 9.17) is 11.6 Å². The molecular weight excluding hydrogens is 222 g/mol. The van der Waals surface area contributed by atoms with Crippen LogP contribution in [0.15, 0.2) is 12.3 Å². The summed E-state index contributed by atoms with van der Waals surface area (Å²) in [6, 6.07) is 1.89. The van der Waals surface area contributed by atoms with Crippen LogP contribution in [0.5, 0.6) is 0 Å². The Kier molecular flexibility index (Phi) is 3.64. The van der Waals surface area contributed by atoms with Gasteiger partial charge in [0.05, 0.1) is 11.9 Å². The van der Waals surface area contributed by atoms with Gasteiger partial charge in [-0.05, 0) is 24.7 Å². The van der Waals surface area contributed by atoms with Gasteiger partial charge in [-0.2, -0.15) is 5.10 Å². The zero-order chi connectivity index (χ0) is 11.5. The van der Waals surface area contributed by atoms with E-state index in [1.54, 1.807) is 6.20 Å². The molecule has 4 heteroatoms. The number of nitrogens with zero attached hydrogens (tertiary/aromatic N) is 3. The van der Waals surface area contributed by atoms with Crippen LogP contribution < -0.4 is 4.90 Å². The highest BCUT2D eigenvalue weighted by atomic mass is 35.5. The normalized spacial score (nSPS) is 18.1. The van der Waals surface area contributed by atoms with Crippen molar-refractivity contribution < 1.29 is 0 Å². The largest absolute Gasteiger partial charge is 0.370 e. The predicted molar refractivity (Wildman–Crippen MR) is 66.8 cm³/mol. The molecule has 0 N–H and O–H groups in total. The average Bonchev–Trinajstić information content (AvgIpc) is 2.29. The van der Waals surface area contributed by atoms with Crippen LogP contribution in [0.4, 0.5) is 5.69 Å². The third-order valence-corrected chi connectivity index (χ3v) is 3.64. The van der Waals surface area contributed by atoms with E-state index in [1.165, 1.54) is 12.8 Å². The Balaban J connectivity index is 1.99. The molecule has 1 aromatic heterocycles. The second-order valence-electron chi connectivity index (χ2n) is 4.80. The van der Waals surface area contributed by atoms with Crippen molar-refractivity contribution in [1.29, 1.82) is 0 Å². The Morgan fingerprint density at radius 3 is 2.62 bits per heavy atom. The summed E-state index contributed by atoms with van der Waals surface area (Å²) in [6.07, 6.45) is 4.32. The van der Waals surface area contributed by atoms with Gasteiger partial charge in [0.1, 0.15) is 0 Å². The summed E-state index contributed by atoms with van der Waals surface area (Å²) in [7, 11) is 0. The SMILES string of the molecule is CC(C)C1CCN(c2cnnc(Cl)c2)CC1. The Labute approximate surface area is 102 Å². The second-order valence-corrected chi connectivity index (χ2v) is 5.19. The molecule has 1 saturated heterocycles. The van der Waals surface area contributed by atoms with Crippen LogP contribution in [0.2, 0.25) is 5.15 Å². The molecule has 2 heterocycles. The Morgan fingerprint density at radius 1 is 1.38 bits per heavy atom. The van der Waals surface area contributed by atoms with Crippen molar-refractivity contribution in [2.75, 3.05) is 18.0 Å². The molecule has 0 aliphatic carbocycles. The van der Waals surface area contributed by atoms with Gasteiger partial charge in [0, 0.05) is 19.2 Å². The number of aromatic nitrogens is 2. The number of rotatable bonds is 2. The maximum atomic E-state index is 5.84. The summed E-state index contributed by atoms with van der Waals surface area (Å²) in [6.45, 7) is 6.83. The van der Waals surface area contributed by atoms with Crippen LogP contribution in [-0.4, -0.2) is 23.3 Å². The second kappa shape index (κ2) is 5.00. The van der Waals surface area contributed by atoms with Crippen LogP contribution in [0.25, 0.3) is 0 Å². The molecule has 0 radical (unpaired) electrons. The summed E-state index contributed by atoms with van der Waals surface area (Å²) in [5, 5.41) is 8.13. The topological polar surface area (TPSA) is 29.0 Å². The quantitative estimate of drug-likeness (QED) is 0.795. The molecule has 0 aromatic carbocycles. The van der Waals surface area contributed by atoms with Crippen molar-refractivity contribution >= 4 is 17.3 Å². The van der Waals surface area contributed by atoms with Crippen LogP contribution >= 0.6 is 11.6 Å². The van der Waals surface area contributed by atoms with Gasteiger partial charge in [0.25, 0.3) is 0 Å². The fraction of sp³-hybridized carbons (Fsp3) is 0.667. The van der Waals surface area contributed by atoms with E-state index < -0.39 is 0 Å². The molecule has 0 amide bonds. The summed E-state index contributed by atoms with van der Waals surface area (Å²) in [5.41, 5.74) is 1.10. The van der Waals surface area contributed by atoms with E-state index in [0.717, 1.165) is 30.6 Å². The number of halogens is 1. The molecule has 88 valence electrons. The van der Waals surface area contributed by atoms with Gasteiger partial charge in [-0.25, -0.2) is 0 Å². The van der Waals surface area contributed by atoms with Crippen LogP contribution in [0, 0.1) is 11.8 Å². The van der Waals surface area contributed by atoms with Crippen molar-refractivity contribution in [2.45, 2.75) is 26.7 Å². The number of piperidine rings is 1. The standard InChI is InChI=1S/C12H18ClN3/c1-9(2)10-3-5-16(6-4-10)11-7-12(13)15-14-8-11/h7-10H,3-6H2,1-2H3. The zero-order valence-corrected chi connectivity index (χ0v) is 10.6. The predicted octanol–water partition coefficient (Wildman–Crippen LogP) is 3.00. The molecular formula is C12H18ClN3. The molecule has 1 aliphatic rings. The van der Waals surface area contributed by atoms with Gasteiger partial charge < -0.3 is 4.90 Å². The minimum atomic E-state index is 0.475. The van der Waals surface area contributed by atoms with Gasteiger partial charge in [-0.1, -0.05) is 25.4 Å². The molecule has 16 heavy (non-hydrogen) atoms. The molecule has 2 rings (SSSR count). The first kappa shape index (κ1) is 11.6. The van der Waals surface area contributed by atoms with Crippen molar-refractivity contribution in [3.8, 4) is 0 Å². The Morgan fingerprint density at radius 2 is 2.06 bits per heavy atom.